The molecule has 0 aliphatic carbocycles. The van der Waals surface area contributed by atoms with Crippen LogP contribution in [-0.2, 0) is 11.2 Å². The van der Waals surface area contributed by atoms with Gasteiger partial charge in [0.15, 0.2) is 0 Å². The largest absolute Gasteiger partial charge is 0.496 e. The Bertz CT molecular complexity index is 506. The van der Waals surface area contributed by atoms with E-state index in [1.54, 1.807) is 7.11 Å². The number of likely N-dealkylation sites (tertiary alicyclic amines) is 1. The zero-order valence-corrected chi connectivity index (χ0v) is 14.1. The summed E-state index contributed by atoms with van der Waals surface area (Å²) in [6, 6.07) is 5.85. The summed E-state index contributed by atoms with van der Waals surface area (Å²) < 4.78 is 6.10. The van der Waals surface area contributed by atoms with E-state index in [0.717, 1.165) is 28.8 Å². The molecule has 0 radical (unpaired) electrons. The van der Waals surface area contributed by atoms with Crippen LogP contribution in [0, 0.1) is 5.92 Å². The van der Waals surface area contributed by atoms with Crippen LogP contribution in [0.15, 0.2) is 22.7 Å². The van der Waals surface area contributed by atoms with Crippen LogP contribution in [0.1, 0.15) is 25.3 Å². The number of halogens is 1. The Morgan fingerprint density at radius 3 is 2.90 bits per heavy atom. The van der Waals surface area contributed by atoms with Gasteiger partial charge in [-0.25, -0.2) is 0 Å². The summed E-state index contributed by atoms with van der Waals surface area (Å²) in [5.41, 5.74) is 1.10. The number of carbonyl (C=O) groups excluding carboxylic acids is 1. The van der Waals surface area contributed by atoms with Gasteiger partial charge in [-0.3, -0.25) is 4.79 Å². The highest BCUT2D eigenvalue weighted by atomic mass is 79.9. The molecule has 21 heavy (non-hydrogen) atoms. The third kappa shape index (κ3) is 3.77. The molecule has 0 aromatic heterocycles. The maximum absolute atomic E-state index is 12.3. The quantitative estimate of drug-likeness (QED) is 0.883. The monoisotopic (exact) mass is 355 g/mol. The lowest BCUT2D eigenvalue weighted by Crippen LogP contribution is -2.39. The van der Waals surface area contributed by atoms with Gasteiger partial charge in [0.25, 0.3) is 0 Å². The molecule has 1 aromatic carbocycles. The van der Waals surface area contributed by atoms with Crippen LogP contribution in [0.5, 0.6) is 5.75 Å². The minimum absolute atomic E-state index is 0.0138. The molecule has 1 aliphatic rings. The Morgan fingerprint density at radius 1 is 1.52 bits per heavy atom. The molecule has 1 aliphatic heterocycles. The first-order chi connectivity index (χ1) is 10.1. The van der Waals surface area contributed by atoms with Crippen molar-refractivity contribution in [2.75, 3.05) is 20.3 Å². The van der Waals surface area contributed by atoms with E-state index in [1.165, 1.54) is 0 Å². The predicted molar refractivity (Wildman–Crippen MR) is 85.4 cm³/mol. The van der Waals surface area contributed by atoms with Crippen molar-refractivity contribution in [3.63, 3.8) is 0 Å². The summed E-state index contributed by atoms with van der Waals surface area (Å²) in [4.78, 5) is 14.2. The first-order valence-corrected chi connectivity index (χ1v) is 8.09. The number of rotatable bonds is 5. The van der Waals surface area contributed by atoms with E-state index in [2.05, 4.69) is 22.9 Å². The molecule has 1 N–H and O–H groups in total. The Kier molecular flexibility index (Phi) is 5.65. The third-order valence-electron chi connectivity index (χ3n) is 4.23. The van der Waals surface area contributed by atoms with E-state index in [4.69, 9.17) is 4.74 Å². The summed E-state index contributed by atoms with van der Waals surface area (Å²) in [6.07, 6.45) is 2.15. The molecule has 0 saturated carbocycles. The minimum atomic E-state index is -0.0138. The van der Waals surface area contributed by atoms with Crippen molar-refractivity contribution in [2.24, 2.45) is 5.92 Å². The van der Waals surface area contributed by atoms with Gasteiger partial charge in [-0.2, -0.15) is 0 Å². The van der Waals surface area contributed by atoms with Gasteiger partial charge in [0, 0.05) is 13.0 Å². The van der Waals surface area contributed by atoms with Gasteiger partial charge in [-0.05, 0) is 52.4 Å². The number of amides is 1. The van der Waals surface area contributed by atoms with Gasteiger partial charge < -0.3 is 14.7 Å². The molecule has 0 bridgehead atoms. The number of benzene rings is 1. The number of hydrogen-bond donors (Lipinski definition) is 1. The van der Waals surface area contributed by atoms with E-state index in [-0.39, 0.29) is 18.6 Å². The van der Waals surface area contributed by atoms with Crippen LogP contribution in [0.3, 0.4) is 0 Å². The van der Waals surface area contributed by atoms with E-state index >= 15 is 0 Å². The molecule has 116 valence electrons. The number of ether oxygens (including phenoxy) is 1. The molecule has 1 saturated heterocycles. The third-order valence-corrected chi connectivity index (χ3v) is 4.85. The minimum Gasteiger partial charge on any atom is -0.496 e. The van der Waals surface area contributed by atoms with Gasteiger partial charge in [0.2, 0.25) is 5.91 Å². The van der Waals surface area contributed by atoms with Crippen molar-refractivity contribution >= 4 is 21.8 Å². The number of aliphatic hydroxyl groups is 1. The average molecular weight is 356 g/mol. The smallest absolute Gasteiger partial charge is 0.223 e. The fourth-order valence-corrected chi connectivity index (χ4v) is 3.44. The molecular weight excluding hydrogens is 334 g/mol. The number of aliphatic hydroxyl groups excluding tert-OH is 1. The molecule has 2 unspecified atom stereocenters. The molecule has 5 heteroatoms. The normalized spacial score (nSPS) is 21.6. The fraction of sp³-hybridized carbons (Fsp3) is 0.562. The zero-order valence-electron chi connectivity index (χ0n) is 12.5. The van der Waals surface area contributed by atoms with Crippen molar-refractivity contribution in [1.29, 1.82) is 0 Å². The molecule has 0 spiro atoms. The molecule has 1 fully saturated rings. The standard InChI is InChI=1S/C16H22BrNO3/c1-11-7-8-18(14(11)10-19)16(20)6-4-12-3-5-15(21-2)13(17)9-12/h3,5,9,11,14,19H,4,6-8,10H2,1-2H3. The molecular formula is C16H22BrNO3. The Hall–Kier alpha value is -1.07. The van der Waals surface area contributed by atoms with Crippen LogP contribution < -0.4 is 4.74 Å². The second kappa shape index (κ2) is 7.27. The van der Waals surface area contributed by atoms with Gasteiger partial charge in [-0.15, -0.1) is 0 Å². The molecule has 1 amide bonds. The molecule has 1 heterocycles. The number of aryl methyl sites for hydroxylation is 1. The number of hydrogen-bond acceptors (Lipinski definition) is 3. The van der Waals surface area contributed by atoms with Crippen molar-refractivity contribution in [2.45, 2.75) is 32.2 Å². The average Bonchev–Trinajstić information content (AvgIpc) is 2.85. The highest BCUT2D eigenvalue weighted by molar-refractivity contribution is 9.10. The Labute approximate surface area is 134 Å². The van der Waals surface area contributed by atoms with Gasteiger partial charge in [-0.1, -0.05) is 13.0 Å². The Balaban J connectivity index is 1.93. The van der Waals surface area contributed by atoms with Crippen LogP contribution in [0.2, 0.25) is 0 Å². The summed E-state index contributed by atoms with van der Waals surface area (Å²) in [5.74, 6) is 1.30. The summed E-state index contributed by atoms with van der Waals surface area (Å²) in [6.45, 7) is 2.91. The maximum Gasteiger partial charge on any atom is 0.223 e. The van der Waals surface area contributed by atoms with Gasteiger partial charge in [0.05, 0.1) is 24.2 Å². The maximum atomic E-state index is 12.3. The SMILES string of the molecule is COc1ccc(CCC(=O)N2CCC(C)C2CO)cc1Br. The number of carbonyl (C=O) groups is 1. The molecule has 2 rings (SSSR count). The van der Waals surface area contributed by atoms with Crippen molar-refractivity contribution < 1.29 is 14.6 Å². The van der Waals surface area contributed by atoms with E-state index in [0.29, 0.717) is 18.8 Å². The first kappa shape index (κ1) is 16.3. The summed E-state index contributed by atoms with van der Waals surface area (Å²) in [5, 5.41) is 9.42. The lowest BCUT2D eigenvalue weighted by atomic mass is 10.0. The fourth-order valence-electron chi connectivity index (χ4n) is 2.86. The van der Waals surface area contributed by atoms with Gasteiger partial charge >= 0.3 is 0 Å². The van der Waals surface area contributed by atoms with Crippen LogP contribution in [0.25, 0.3) is 0 Å². The van der Waals surface area contributed by atoms with E-state index in [1.807, 2.05) is 23.1 Å². The topological polar surface area (TPSA) is 49.8 Å². The van der Waals surface area contributed by atoms with Crippen LogP contribution in [0.4, 0.5) is 0 Å². The van der Waals surface area contributed by atoms with Crippen molar-refractivity contribution in [3.05, 3.63) is 28.2 Å². The van der Waals surface area contributed by atoms with Crippen molar-refractivity contribution in [1.82, 2.24) is 4.90 Å². The van der Waals surface area contributed by atoms with E-state index in [9.17, 15) is 9.90 Å². The van der Waals surface area contributed by atoms with Crippen LogP contribution >= 0.6 is 15.9 Å². The number of nitrogens with zero attached hydrogens (tertiary/aromatic N) is 1. The highest BCUT2D eigenvalue weighted by Crippen LogP contribution is 2.27. The Morgan fingerprint density at radius 2 is 2.29 bits per heavy atom. The number of methoxy groups -OCH3 is 1. The molecule has 2 atom stereocenters. The van der Waals surface area contributed by atoms with Crippen LogP contribution in [-0.4, -0.2) is 42.2 Å². The lowest BCUT2D eigenvalue weighted by Gasteiger charge is -2.25. The van der Waals surface area contributed by atoms with Gasteiger partial charge in [0.1, 0.15) is 5.75 Å². The lowest BCUT2D eigenvalue weighted by molar-refractivity contribution is -0.133. The van der Waals surface area contributed by atoms with Crippen molar-refractivity contribution in [3.8, 4) is 5.75 Å². The summed E-state index contributed by atoms with van der Waals surface area (Å²) >= 11 is 3.46. The van der Waals surface area contributed by atoms with E-state index < -0.39 is 0 Å². The predicted octanol–water partition coefficient (Wildman–Crippen LogP) is 2.62. The molecule has 1 aromatic rings. The second-order valence-corrected chi connectivity index (χ2v) is 6.43. The first-order valence-electron chi connectivity index (χ1n) is 7.29. The highest BCUT2D eigenvalue weighted by Gasteiger charge is 2.33. The second-order valence-electron chi connectivity index (χ2n) is 5.57. The zero-order chi connectivity index (χ0) is 15.4. The summed E-state index contributed by atoms with van der Waals surface area (Å²) in [7, 11) is 1.63. The molecule has 4 nitrogen and oxygen atoms in total.